The van der Waals surface area contributed by atoms with Gasteiger partial charge < -0.3 is 5.32 Å². The van der Waals surface area contributed by atoms with Gasteiger partial charge in [-0.3, -0.25) is 4.79 Å². The van der Waals surface area contributed by atoms with E-state index in [0.717, 1.165) is 6.42 Å². The van der Waals surface area contributed by atoms with Crippen LogP contribution >= 0.6 is 11.8 Å². The Morgan fingerprint density at radius 2 is 1.08 bits per heavy atom. The number of unbranched alkanes of at least 4 members (excludes halogenated alkanes) is 14. The molecule has 0 aromatic carbocycles. The molecule has 0 aliphatic heterocycles. The van der Waals surface area contributed by atoms with Gasteiger partial charge in [-0.05, 0) is 18.2 Å². The van der Waals surface area contributed by atoms with Gasteiger partial charge in [0.05, 0.1) is 0 Å². The number of amides is 1. The van der Waals surface area contributed by atoms with E-state index in [-0.39, 0.29) is 5.91 Å². The summed E-state index contributed by atoms with van der Waals surface area (Å²) < 4.78 is 0. The number of halogens is 1. The van der Waals surface area contributed by atoms with Gasteiger partial charge in [0.1, 0.15) is 0 Å². The van der Waals surface area contributed by atoms with Crippen LogP contribution in [0, 0.1) is 0 Å². The van der Waals surface area contributed by atoms with Crippen molar-refractivity contribution in [2.24, 2.45) is 0 Å². The molecule has 0 aromatic rings. The van der Waals surface area contributed by atoms with Gasteiger partial charge in [-0.2, -0.15) is 0 Å². The first-order valence-corrected chi connectivity index (χ1v) is 10.8. The van der Waals surface area contributed by atoms with Gasteiger partial charge in [-0.25, -0.2) is 4.84 Å². The van der Waals surface area contributed by atoms with E-state index >= 15 is 0 Å². The van der Waals surface area contributed by atoms with E-state index in [4.69, 9.17) is 11.8 Å². The summed E-state index contributed by atoms with van der Waals surface area (Å²) in [7, 11) is 0. The van der Waals surface area contributed by atoms with Gasteiger partial charge in [-0.15, -0.1) is 0 Å². The molecule has 2 N–H and O–H groups in total. The molecule has 0 spiro atoms. The molecule has 0 atom stereocenters. The minimum atomic E-state index is 0.150. The fraction of sp³-hybridized carbons (Fsp3) is 0.950. The Bertz CT molecular complexity index is 262. The largest absolute Gasteiger partial charge is 0.355 e. The van der Waals surface area contributed by atoms with Crippen LogP contribution in [0.25, 0.3) is 0 Å². The number of rotatable bonds is 19. The molecule has 0 saturated carbocycles. The Kier molecular flexibility index (Phi) is 20.5. The van der Waals surface area contributed by atoms with Gasteiger partial charge in [0, 0.05) is 19.5 Å². The zero-order valence-corrected chi connectivity index (χ0v) is 16.8. The SMILES string of the molecule is CCCCCCCCCCCCCCCCCC(=O)NCCNCl. The van der Waals surface area contributed by atoms with Crippen LogP contribution in [0.15, 0.2) is 0 Å². The van der Waals surface area contributed by atoms with Crippen LogP contribution in [0.2, 0.25) is 0 Å². The Morgan fingerprint density at radius 1 is 0.667 bits per heavy atom. The fourth-order valence-electron chi connectivity index (χ4n) is 2.99. The Balaban J connectivity index is 3.06. The number of hydrogen-bond donors (Lipinski definition) is 2. The molecule has 0 heterocycles. The van der Waals surface area contributed by atoms with Crippen molar-refractivity contribution in [1.29, 1.82) is 0 Å². The Morgan fingerprint density at radius 3 is 1.50 bits per heavy atom. The highest BCUT2D eigenvalue weighted by atomic mass is 35.5. The van der Waals surface area contributed by atoms with E-state index in [1.165, 1.54) is 89.9 Å². The molecule has 0 unspecified atom stereocenters. The quantitative estimate of drug-likeness (QED) is 0.215. The first-order valence-electron chi connectivity index (χ1n) is 10.4. The second-order valence-electron chi connectivity index (χ2n) is 6.93. The van der Waals surface area contributed by atoms with E-state index < -0.39 is 0 Å². The lowest BCUT2D eigenvalue weighted by atomic mass is 10.0. The lowest BCUT2D eigenvalue weighted by Gasteiger charge is -2.05. The van der Waals surface area contributed by atoms with E-state index in [9.17, 15) is 4.79 Å². The van der Waals surface area contributed by atoms with Crippen molar-refractivity contribution < 1.29 is 4.79 Å². The second-order valence-corrected chi connectivity index (χ2v) is 7.20. The van der Waals surface area contributed by atoms with Crippen LogP contribution in [0.4, 0.5) is 0 Å². The monoisotopic (exact) mass is 360 g/mol. The van der Waals surface area contributed by atoms with Crippen molar-refractivity contribution in [3.8, 4) is 0 Å². The summed E-state index contributed by atoms with van der Waals surface area (Å²) in [5, 5.41) is 2.85. The molecule has 0 rings (SSSR count). The Hall–Kier alpha value is -0.280. The third-order valence-corrected chi connectivity index (χ3v) is 4.74. The van der Waals surface area contributed by atoms with Gasteiger partial charge in [0.25, 0.3) is 0 Å². The second kappa shape index (κ2) is 20.8. The molecule has 0 aromatic heterocycles. The molecule has 0 fully saturated rings. The van der Waals surface area contributed by atoms with Crippen molar-refractivity contribution in [3.05, 3.63) is 0 Å². The summed E-state index contributed by atoms with van der Waals surface area (Å²) in [6, 6.07) is 0. The summed E-state index contributed by atoms with van der Waals surface area (Å²) in [5.74, 6) is 0.150. The van der Waals surface area contributed by atoms with Crippen LogP contribution in [0.1, 0.15) is 110 Å². The number of nitrogens with one attached hydrogen (secondary N) is 2. The normalized spacial score (nSPS) is 10.9. The molecule has 0 aliphatic rings. The van der Waals surface area contributed by atoms with E-state index in [2.05, 4.69) is 17.1 Å². The van der Waals surface area contributed by atoms with Crippen molar-refractivity contribution in [2.75, 3.05) is 13.1 Å². The van der Waals surface area contributed by atoms with Crippen molar-refractivity contribution in [2.45, 2.75) is 110 Å². The molecular weight excluding hydrogens is 320 g/mol. The maximum absolute atomic E-state index is 11.5. The number of hydrogen-bond acceptors (Lipinski definition) is 2. The topological polar surface area (TPSA) is 41.1 Å². The summed E-state index contributed by atoms with van der Waals surface area (Å²) >= 11 is 5.33. The third kappa shape index (κ3) is 19.8. The third-order valence-electron chi connectivity index (χ3n) is 4.55. The van der Waals surface area contributed by atoms with Gasteiger partial charge in [0.15, 0.2) is 0 Å². The summed E-state index contributed by atoms with van der Waals surface area (Å²) in [4.78, 5) is 14.0. The molecular formula is C20H41ClN2O. The summed E-state index contributed by atoms with van der Waals surface area (Å²) in [5.41, 5.74) is 0. The molecule has 0 aliphatic carbocycles. The maximum atomic E-state index is 11.5. The lowest BCUT2D eigenvalue weighted by molar-refractivity contribution is -0.121. The van der Waals surface area contributed by atoms with Crippen molar-refractivity contribution >= 4 is 17.7 Å². The van der Waals surface area contributed by atoms with Crippen LogP contribution < -0.4 is 10.2 Å². The molecule has 0 bridgehead atoms. The minimum Gasteiger partial charge on any atom is -0.355 e. The average Bonchev–Trinajstić information content (AvgIpc) is 2.58. The molecule has 0 radical (unpaired) electrons. The van der Waals surface area contributed by atoms with Crippen LogP contribution in [0.3, 0.4) is 0 Å². The van der Waals surface area contributed by atoms with E-state index in [1.54, 1.807) is 0 Å². The molecule has 24 heavy (non-hydrogen) atoms. The fourth-order valence-corrected chi connectivity index (χ4v) is 3.09. The molecule has 3 nitrogen and oxygen atoms in total. The first-order chi connectivity index (χ1) is 11.8. The van der Waals surface area contributed by atoms with Crippen molar-refractivity contribution in [3.63, 3.8) is 0 Å². The smallest absolute Gasteiger partial charge is 0.220 e. The molecule has 1 amide bonds. The van der Waals surface area contributed by atoms with E-state index in [0.29, 0.717) is 19.5 Å². The number of carbonyl (C=O) groups is 1. The van der Waals surface area contributed by atoms with Gasteiger partial charge >= 0.3 is 0 Å². The summed E-state index contributed by atoms with van der Waals surface area (Å²) in [6.07, 6.45) is 21.0. The zero-order chi connectivity index (χ0) is 17.7. The standard InChI is InChI=1S/C20H41ClN2O/c1-2-3-4-5-6-7-8-9-10-11-12-13-14-15-16-17-20(24)22-18-19-23-21/h23H,2-19H2,1H3,(H,22,24). The highest BCUT2D eigenvalue weighted by molar-refractivity contribution is 6.13. The van der Waals surface area contributed by atoms with Crippen LogP contribution in [-0.4, -0.2) is 19.0 Å². The first kappa shape index (κ1) is 23.7. The average molecular weight is 361 g/mol. The maximum Gasteiger partial charge on any atom is 0.220 e. The van der Waals surface area contributed by atoms with Gasteiger partial charge in [-0.1, -0.05) is 96.8 Å². The Labute approximate surface area is 155 Å². The highest BCUT2D eigenvalue weighted by Gasteiger charge is 2.00. The lowest BCUT2D eigenvalue weighted by Crippen LogP contribution is -2.28. The predicted octanol–water partition coefficient (Wildman–Crippen LogP) is 6.11. The highest BCUT2D eigenvalue weighted by Crippen LogP contribution is 2.13. The van der Waals surface area contributed by atoms with Crippen molar-refractivity contribution in [1.82, 2.24) is 10.2 Å². The zero-order valence-electron chi connectivity index (χ0n) is 16.0. The number of carbonyl (C=O) groups excluding carboxylic acids is 1. The molecule has 144 valence electrons. The molecule has 4 heteroatoms. The molecule has 0 saturated heterocycles. The van der Waals surface area contributed by atoms with Crippen LogP contribution in [-0.2, 0) is 4.79 Å². The minimum absolute atomic E-state index is 0.150. The van der Waals surface area contributed by atoms with Crippen LogP contribution in [0.5, 0.6) is 0 Å². The summed E-state index contributed by atoms with van der Waals surface area (Å²) in [6.45, 7) is 3.51. The predicted molar refractivity (Wildman–Crippen MR) is 106 cm³/mol. The van der Waals surface area contributed by atoms with E-state index in [1.807, 2.05) is 0 Å². The van der Waals surface area contributed by atoms with Gasteiger partial charge in [0.2, 0.25) is 5.91 Å².